The zero-order chi connectivity index (χ0) is 24.7. The minimum Gasteiger partial charge on any atom is -0.479 e. The summed E-state index contributed by atoms with van der Waals surface area (Å²) in [5.74, 6) is -0.139. The van der Waals surface area contributed by atoms with Crippen molar-refractivity contribution in [2.45, 2.75) is 44.1 Å². The molecule has 2 fully saturated rings. The first-order chi connectivity index (χ1) is 16.8. The summed E-state index contributed by atoms with van der Waals surface area (Å²) < 4.78 is 26.6. The Labute approximate surface area is 203 Å². The topological polar surface area (TPSA) is 89.0 Å². The van der Waals surface area contributed by atoms with Crippen LogP contribution in [0.2, 0.25) is 0 Å². The van der Waals surface area contributed by atoms with Crippen LogP contribution < -0.4 is 14.4 Å². The maximum atomic E-state index is 15.1. The van der Waals surface area contributed by atoms with Crippen molar-refractivity contribution in [2.24, 2.45) is 5.92 Å². The monoisotopic (exact) mass is 481 g/mol. The van der Waals surface area contributed by atoms with Crippen molar-refractivity contribution in [3.05, 3.63) is 47.4 Å². The van der Waals surface area contributed by atoms with Gasteiger partial charge in [-0.25, -0.2) is 9.37 Å². The zero-order valence-corrected chi connectivity index (χ0v) is 19.8. The number of hydrogen-bond acceptors (Lipinski definition) is 6. The molecule has 2 aliphatic carbocycles. The van der Waals surface area contributed by atoms with Crippen molar-refractivity contribution in [2.75, 3.05) is 32.1 Å². The van der Waals surface area contributed by atoms with Gasteiger partial charge in [0.05, 0.1) is 12.8 Å². The van der Waals surface area contributed by atoms with E-state index in [1.807, 2.05) is 0 Å². The molecular weight excluding hydrogens is 453 g/mol. The van der Waals surface area contributed by atoms with Crippen LogP contribution >= 0.6 is 0 Å². The first kappa shape index (κ1) is 23.3. The molecule has 1 aromatic heterocycles. The fourth-order valence-electron chi connectivity index (χ4n) is 4.60. The molecule has 8 nitrogen and oxygen atoms in total. The lowest BCUT2D eigenvalue weighted by Gasteiger charge is -2.20. The number of Topliss-reactive ketones (excluding diaryl/α,β-unsaturated/α-hetero) is 1. The fourth-order valence-corrected chi connectivity index (χ4v) is 4.60. The van der Waals surface area contributed by atoms with Gasteiger partial charge in [-0.05, 0) is 37.0 Å². The van der Waals surface area contributed by atoms with E-state index in [1.165, 1.54) is 34.9 Å². The predicted molar refractivity (Wildman–Crippen MR) is 125 cm³/mol. The molecule has 0 N–H and O–H groups in total. The predicted octanol–water partition coefficient (Wildman–Crippen LogP) is 3.34. The Balaban J connectivity index is 1.27. The minimum absolute atomic E-state index is 0.0685. The summed E-state index contributed by atoms with van der Waals surface area (Å²) in [6.45, 7) is 1.00. The van der Waals surface area contributed by atoms with Crippen molar-refractivity contribution >= 4 is 23.3 Å². The molecule has 3 aliphatic rings. The third-order valence-electron chi connectivity index (χ3n) is 6.79. The van der Waals surface area contributed by atoms with E-state index in [-0.39, 0.29) is 41.6 Å². The molecule has 1 aliphatic heterocycles. The van der Waals surface area contributed by atoms with E-state index in [2.05, 4.69) is 4.98 Å². The van der Waals surface area contributed by atoms with Gasteiger partial charge in [0.2, 0.25) is 11.8 Å². The number of carbonyl (C=O) groups excluding carboxylic acids is 3. The second kappa shape index (κ2) is 9.28. The SMILES string of the molecule is CN(C)C(=O)CC1CC(=O)c2cc(N3CC[C@@H](Oc4ccc(OCC5CC5)nc4)C3=O)cc(F)c21. The van der Waals surface area contributed by atoms with Crippen molar-refractivity contribution in [3.63, 3.8) is 0 Å². The molecule has 1 saturated heterocycles. The maximum Gasteiger partial charge on any atom is 0.268 e. The molecule has 2 amide bonds. The van der Waals surface area contributed by atoms with E-state index >= 15 is 4.39 Å². The first-order valence-electron chi connectivity index (χ1n) is 11.9. The molecular formula is C26H28FN3O5. The van der Waals surface area contributed by atoms with Crippen molar-refractivity contribution in [1.82, 2.24) is 9.88 Å². The Kier molecular flexibility index (Phi) is 6.17. The number of hydrogen-bond donors (Lipinski definition) is 0. The highest BCUT2D eigenvalue weighted by atomic mass is 19.1. The fraction of sp³-hybridized carbons (Fsp3) is 0.462. The van der Waals surface area contributed by atoms with E-state index in [1.54, 1.807) is 32.3 Å². The highest BCUT2D eigenvalue weighted by molar-refractivity contribution is 6.05. The van der Waals surface area contributed by atoms with Gasteiger partial charge in [0.15, 0.2) is 11.9 Å². The van der Waals surface area contributed by atoms with Crippen molar-refractivity contribution in [3.8, 4) is 11.6 Å². The Bertz CT molecular complexity index is 1160. The Morgan fingerprint density at radius 2 is 2.00 bits per heavy atom. The molecule has 2 aromatic rings. The molecule has 1 aromatic carbocycles. The smallest absolute Gasteiger partial charge is 0.268 e. The molecule has 2 heterocycles. The second-order valence-electron chi connectivity index (χ2n) is 9.68. The van der Waals surface area contributed by atoms with Crippen LogP contribution in [-0.4, -0.2) is 60.8 Å². The van der Waals surface area contributed by atoms with Gasteiger partial charge in [0.1, 0.15) is 11.6 Å². The zero-order valence-electron chi connectivity index (χ0n) is 19.8. The molecule has 0 spiro atoms. The van der Waals surface area contributed by atoms with E-state index in [4.69, 9.17) is 9.47 Å². The van der Waals surface area contributed by atoms with Crippen LogP contribution in [0.25, 0.3) is 0 Å². The molecule has 5 rings (SSSR count). The molecule has 1 saturated carbocycles. The number of nitrogens with zero attached hydrogens (tertiary/aromatic N) is 3. The summed E-state index contributed by atoms with van der Waals surface area (Å²) in [5.41, 5.74) is 0.843. The molecule has 0 bridgehead atoms. The molecule has 1 unspecified atom stereocenters. The first-order valence-corrected chi connectivity index (χ1v) is 11.9. The largest absolute Gasteiger partial charge is 0.479 e. The highest BCUT2D eigenvalue weighted by Gasteiger charge is 2.38. The average Bonchev–Trinajstić information content (AvgIpc) is 3.52. The van der Waals surface area contributed by atoms with Gasteiger partial charge < -0.3 is 19.3 Å². The minimum atomic E-state index is -0.729. The van der Waals surface area contributed by atoms with Crippen LogP contribution in [0.5, 0.6) is 11.6 Å². The summed E-state index contributed by atoms with van der Waals surface area (Å²) in [7, 11) is 3.26. The number of benzene rings is 1. The van der Waals surface area contributed by atoms with Gasteiger partial charge >= 0.3 is 0 Å². The van der Waals surface area contributed by atoms with E-state index in [0.29, 0.717) is 42.8 Å². The van der Waals surface area contributed by atoms with Gasteiger partial charge in [-0.1, -0.05) is 0 Å². The lowest BCUT2D eigenvalue weighted by molar-refractivity contribution is -0.129. The van der Waals surface area contributed by atoms with Gasteiger partial charge in [-0.2, -0.15) is 0 Å². The number of aromatic nitrogens is 1. The number of fused-ring (bicyclic) bond motifs is 1. The van der Waals surface area contributed by atoms with E-state index in [9.17, 15) is 14.4 Å². The van der Waals surface area contributed by atoms with Crippen molar-refractivity contribution in [1.29, 1.82) is 0 Å². The molecule has 2 atom stereocenters. The van der Waals surface area contributed by atoms with Gasteiger partial charge in [-0.3, -0.25) is 14.4 Å². The Hall–Kier alpha value is -3.49. The number of halogens is 1. The summed E-state index contributed by atoms with van der Waals surface area (Å²) in [4.78, 5) is 44.9. The third kappa shape index (κ3) is 4.85. The number of pyridine rings is 1. The van der Waals surface area contributed by atoms with Gasteiger partial charge in [0.25, 0.3) is 5.91 Å². The summed E-state index contributed by atoms with van der Waals surface area (Å²) in [6, 6.07) is 6.27. The van der Waals surface area contributed by atoms with Crippen LogP contribution in [0.15, 0.2) is 30.5 Å². The molecule has 9 heteroatoms. The van der Waals surface area contributed by atoms with Crippen LogP contribution in [-0.2, 0) is 9.59 Å². The van der Waals surface area contributed by atoms with Crippen LogP contribution in [0.1, 0.15) is 53.9 Å². The number of carbonyl (C=O) groups is 3. The number of ether oxygens (including phenoxy) is 2. The normalized spacial score (nSPS) is 21.3. The van der Waals surface area contributed by atoms with E-state index in [0.717, 1.165) is 0 Å². The maximum absolute atomic E-state index is 15.1. The third-order valence-corrected chi connectivity index (χ3v) is 6.79. The lowest BCUT2D eigenvalue weighted by Crippen LogP contribution is -2.32. The van der Waals surface area contributed by atoms with Crippen LogP contribution in [0, 0.1) is 11.7 Å². The quantitative estimate of drug-likeness (QED) is 0.575. The van der Waals surface area contributed by atoms with E-state index < -0.39 is 17.8 Å². The summed E-state index contributed by atoms with van der Waals surface area (Å²) in [6.07, 6.45) is 3.77. The number of anilines is 1. The number of ketones is 1. The second-order valence-corrected chi connectivity index (χ2v) is 9.68. The number of amides is 2. The summed E-state index contributed by atoms with van der Waals surface area (Å²) in [5, 5.41) is 0. The standard InChI is InChI=1S/C26H28FN3O5/c1-29(2)24(32)10-16-9-21(31)19-11-17(12-20(27)25(16)19)30-8-7-22(26(30)33)35-18-5-6-23(28-13-18)34-14-15-3-4-15/h5-6,11-13,15-16,22H,3-4,7-10,14H2,1-2H3/t16?,22-/m1/s1. The van der Waals surface area contributed by atoms with Gasteiger partial charge in [-0.15, -0.1) is 0 Å². The highest BCUT2D eigenvalue weighted by Crippen LogP contribution is 2.40. The van der Waals surface area contributed by atoms with Gasteiger partial charge in [0, 0.05) is 68.7 Å². The molecule has 35 heavy (non-hydrogen) atoms. The number of rotatable bonds is 8. The molecule has 0 radical (unpaired) electrons. The lowest BCUT2D eigenvalue weighted by atomic mass is 9.96. The summed E-state index contributed by atoms with van der Waals surface area (Å²) >= 11 is 0. The molecule has 184 valence electrons. The Morgan fingerprint density at radius 1 is 1.20 bits per heavy atom. The van der Waals surface area contributed by atoms with Crippen LogP contribution in [0.4, 0.5) is 10.1 Å². The Morgan fingerprint density at radius 3 is 2.69 bits per heavy atom. The van der Waals surface area contributed by atoms with Crippen molar-refractivity contribution < 1.29 is 28.2 Å². The van der Waals surface area contributed by atoms with Crippen LogP contribution in [0.3, 0.4) is 0 Å². The average molecular weight is 482 g/mol.